The lowest BCUT2D eigenvalue weighted by molar-refractivity contribution is -0.148. The lowest BCUT2D eigenvalue weighted by Crippen LogP contribution is -2.36. The van der Waals surface area contributed by atoms with Gasteiger partial charge in [0.25, 0.3) is 0 Å². The first kappa shape index (κ1) is 32.1. The predicted octanol–water partition coefficient (Wildman–Crippen LogP) is 4.88. The SMILES string of the molecule is CCC(C)C(=O)Oc1ccc(C[C@H](N)C(=O)OC[C@H](C)OC(=O)OC2CCCCC2)cc1OC(=O)C(C)CC. The Morgan fingerprint density at radius 2 is 1.46 bits per heavy atom. The van der Waals surface area contributed by atoms with Gasteiger partial charge in [0.1, 0.15) is 24.9 Å². The first-order chi connectivity index (χ1) is 18.5. The number of hydrogen-bond acceptors (Lipinski definition) is 10. The monoisotopic (exact) mass is 549 g/mol. The highest BCUT2D eigenvalue weighted by molar-refractivity contribution is 5.79. The van der Waals surface area contributed by atoms with Crippen molar-refractivity contribution in [2.45, 2.75) is 104 Å². The van der Waals surface area contributed by atoms with Gasteiger partial charge in [-0.15, -0.1) is 0 Å². The molecule has 0 aliphatic heterocycles. The summed E-state index contributed by atoms with van der Waals surface area (Å²) in [5.74, 6) is -2.08. The van der Waals surface area contributed by atoms with Gasteiger partial charge >= 0.3 is 24.1 Å². The highest BCUT2D eigenvalue weighted by Crippen LogP contribution is 2.31. The van der Waals surface area contributed by atoms with E-state index >= 15 is 0 Å². The van der Waals surface area contributed by atoms with Gasteiger partial charge in [-0.1, -0.05) is 40.2 Å². The number of carbonyl (C=O) groups is 4. The van der Waals surface area contributed by atoms with E-state index in [4.69, 9.17) is 29.4 Å². The number of benzene rings is 1. The smallest absolute Gasteiger partial charge is 0.461 e. The summed E-state index contributed by atoms with van der Waals surface area (Å²) < 4.78 is 26.7. The summed E-state index contributed by atoms with van der Waals surface area (Å²) in [6, 6.07) is 3.65. The van der Waals surface area contributed by atoms with E-state index in [1.807, 2.05) is 13.8 Å². The number of esters is 3. The van der Waals surface area contributed by atoms with Crippen LogP contribution in [0, 0.1) is 11.8 Å². The van der Waals surface area contributed by atoms with E-state index < -0.39 is 36.2 Å². The maximum atomic E-state index is 12.5. The van der Waals surface area contributed by atoms with Crippen molar-refractivity contribution in [3.63, 3.8) is 0 Å². The third-order valence-corrected chi connectivity index (χ3v) is 6.79. The Morgan fingerprint density at radius 3 is 2.05 bits per heavy atom. The van der Waals surface area contributed by atoms with E-state index in [1.165, 1.54) is 12.1 Å². The number of nitrogens with two attached hydrogens (primary N) is 1. The zero-order valence-corrected chi connectivity index (χ0v) is 23.7. The Kier molecular flexibility index (Phi) is 13.2. The van der Waals surface area contributed by atoms with Crippen molar-refractivity contribution in [2.24, 2.45) is 17.6 Å². The molecule has 0 amide bonds. The second kappa shape index (κ2) is 16.1. The first-order valence-corrected chi connectivity index (χ1v) is 13.9. The Morgan fingerprint density at radius 1 is 0.872 bits per heavy atom. The maximum Gasteiger partial charge on any atom is 0.508 e. The number of ether oxygens (including phenoxy) is 5. The summed E-state index contributed by atoms with van der Waals surface area (Å²) in [7, 11) is 0. The summed E-state index contributed by atoms with van der Waals surface area (Å²) in [5.41, 5.74) is 6.64. The maximum absolute atomic E-state index is 12.5. The van der Waals surface area contributed by atoms with Crippen LogP contribution in [0.4, 0.5) is 4.79 Å². The minimum atomic E-state index is -1.03. The Labute approximate surface area is 230 Å². The molecule has 1 aromatic rings. The van der Waals surface area contributed by atoms with E-state index in [9.17, 15) is 19.2 Å². The number of carbonyl (C=O) groups excluding carboxylic acids is 4. The molecule has 10 nitrogen and oxygen atoms in total. The van der Waals surface area contributed by atoms with E-state index in [2.05, 4.69) is 0 Å². The molecule has 0 bridgehead atoms. The average Bonchev–Trinajstić information content (AvgIpc) is 2.92. The zero-order chi connectivity index (χ0) is 28.9. The van der Waals surface area contributed by atoms with Crippen molar-refractivity contribution in [1.29, 1.82) is 0 Å². The predicted molar refractivity (Wildman–Crippen MR) is 143 cm³/mol. The van der Waals surface area contributed by atoms with Crippen LogP contribution in [0.2, 0.25) is 0 Å². The van der Waals surface area contributed by atoms with Crippen LogP contribution in [0.25, 0.3) is 0 Å². The molecule has 2 unspecified atom stereocenters. The molecule has 2 N–H and O–H groups in total. The van der Waals surface area contributed by atoms with Gasteiger partial charge in [0.2, 0.25) is 0 Å². The van der Waals surface area contributed by atoms with Gasteiger partial charge < -0.3 is 29.4 Å². The molecule has 0 spiro atoms. The van der Waals surface area contributed by atoms with Crippen LogP contribution in [0.5, 0.6) is 11.5 Å². The molecule has 218 valence electrons. The fourth-order valence-electron chi connectivity index (χ4n) is 3.78. The van der Waals surface area contributed by atoms with Crippen molar-refractivity contribution in [2.75, 3.05) is 6.61 Å². The Bertz CT molecular complexity index is 974. The summed E-state index contributed by atoms with van der Waals surface area (Å²) in [5, 5.41) is 0. The molecule has 0 heterocycles. The minimum absolute atomic E-state index is 0.0747. The number of hydrogen-bond donors (Lipinski definition) is 1. The van der Waals surface area contributed by atoms with E-state index in [0.717, 1.165) is 32.1 Å². The normalized spacial score (nSPS) is 16.8. The molecule has 1 saturated carbocycles. The van der Waals surface area contributed by atoms with E-state index in [0.29, 0.717) is 18.4 Å². The average molecular weight is 550 g/mol. The van der Waals surface area contributed by atoms with Crippen LogP contribution >= 0.6 is 0 Å². The molecule has 2 rings (SSSR count). The molecule has 1 fully saturated rings. The van der Waals surface area contributed by atoms with E-state index in [-0.39, 0.29) is 42.5 Å². The molecule has 0 radical (unpaired) electrons. The van der Waals surface area contributed by atoms with Gasteiger partial charge in [-0.2, -0.15) is 0 Å². The van der Waals surface area contributed by atoms with Crippen molar-refractivity contribution in [3.8, 4) is 11.5 Å². The third kappa shape index (κ3) is 10.9. The fraction of sp³-hybridized carbons (Fsp3) is 0.655. The molecule has 39 heavy (non-hydrogen) atoms. The van der Waals surface area contributed by atoms with Gasteiger partial charge in [0.05, 0.1) is 11.8 Å². The summed E-state index contributed by atoms with van der Waals surface area (Å²) in [6.45, 7) is 8.64. The first-order valence-electron chi connectivity index (χ1n) is 13.9. The minimum Gasteiger partial charge on any atom is -0.461 e. The van der Waals surface area contributed by atoms with Gasteiger partial charge in [0, 0.05) is 0 Å². The van der Waals surface area contributed by atoms with Crippen molar-refractivity contribution < 1.29 is 42.9 Å². The fourth-order valence-corrected chi connectivity index (χ4v) is 3.78. The molecule has 1 aliphatic carbocycles. The lowest BCUT2D eigenvalue weighted by Gasteiger charge is -2.22. The van der Waals surface area contributed by atoms with Gasteiger partial charge in [-0.05, 0) is 69.6 Å². The highest BCUT2D eigenvalue weighted by Gasteiger charge is 2.24. The summed E-state index contributed by atoms with van der Waals surface area (Å²) in [6.07, 6.45) is 4.49. The summed E-state index contributed by atoms with van der Waals surface area (Å²) >= 11 is 0. The lowest BCUT2D eigenvalue weighted by atomic mass is 9.98. The Balaban J connectivity index is 1.96. The van der Waals surface area contributed by atoms with Crippen LogP contribution in [-0.2, 0) is 35.0 Å². The van der Waals surface area contributed by atoms with Crippen LogP contribution in [-0.4, -0.2) is 48.9 Å². The van der Waals surface area contributed by atoms with Gasteiger partial charge in [-0.3, -0.25) is 14.4 Å². The van der Waals surface area contributed by atoms with Crippen molar-refractivity contribution >= 4 is 24.1 Å². The Hall–Kier alpha value is -3.14. The van der Waals surface area contributed by atoms with Crippen LogP contribution in [0.1, 0.15) is 85.1 Å². The van der Waals surface area contributed by atoms with Crippen molar-refractivity contribution in [1.82, 2.24) is 0 Å². The quantitative estimate of drug-likeness (QED) is 0.267. The molecular formula is C29H43NO9. The van der Waals surface area contributed by atoms with Crippen LogP contribution in [0.3, 0.4) is 0 Å². The molecular weight excluding hydrogens is 506 g/mol. The van der Waals surface area contributed by atoms with Crippen molar-refractivity contribution in [3.05, 3.63) is 23.8 Å². The topological polar surface area (TPSA) is 140 Å². The van der Waals surface area contributed by atoms with E-state index in [1.54, 1.807) is 26.8 Å². The third-order valence-electron chi connectivity index (χ3n) is 6.79. The number of rotatable bonds is 13. The van der Waals surface area contributed by atoms with Gasteiger partial charge in [-0.25, -0.2) is 4.79 Å². The van der Waals surface area contributed by atoms with Crippen LogP contribution < -0.4 is 15.2 Å². The molecule has 4 atom stereocenters. The zero-order valence-electron chi connectivity index (χ0n) is 23.7. The van der Waals surface area contributed by atoms with Gasteiger partial charge in [0.15, 0.2) is 11.5 Å². The molecule has 0 aromatic heterocycles. The standard InChI is InChI=1S/C29H43NO9/c1-6-18(3)26(31)38-24-14-13-21(16-25(24)39-27(32)19(4)7-2)15-23(30)28(33)35-17-20(5)36-29(34)37-22-11-9-8-10-12-22/h13-14,16,18-20,22-23H,6-12,15,17,30H2,1-5H3/t18?,19?,20-,23-/m0/s1. The molecule has 0 saturated heterocycles. The second-order valence-corrected chi connectivity index (χ2v) is 10.2. The molecule has 1 aromatic carbocycles. The second-order valence-electron chi connectivity index (χ2n) is 10.2. The molecule has 1 aliphatic rings. The highest BCUT2D eigenvalue weighted by atomic mass is 16.7. The van der Waals surface area contributed by atoms with Crippen LogP contribution in [0.15, 0.2) is 18.2 Å². The summed E-state index contributed by atoms with van der Waals surface area (Å²) in [4.78, 5) is 49.3. The largest absolute Gasteiger partial charge is 0.508 e. The molecule has 10 heteroatoms.